The molecule has 0 unspecified atom stereocenters. The summed E-state index contributed by atoms with van der Waals surface area (Å²) in [6.45, 7) is 0.926. The molecular weight excluding hydrogens is 298 g/mol. The molecule has 0 bridgehead atoms. The molecule has 0 radical (unpaired) electrons. The van der Waals surface area contributed by atoms with Gasteiger partial charge in [0.1, 0.15) is 5.22 Å². The van der Waals surface area contributed by atoms with Gasteiger partial charge in [0.25, 0.3) is 0 Å². The van der Waals surface area contributed by atoms with Crippen molar-refractivity contribution in [2.75, 3.05) is 13.6 Å². The van der Waals surface area contributed by atoms with Gasteiger partial charge < -0.3 is 14.5 Å². The minimum Gasteiger partial charge on any atom is -0.483 e. The predicted octanol–water partition coefficient (Wildman–Crippen LogP) is 2.70. The lowest BCUT2D eigenvalue weighted by molar-refractivity contribution is 0.151. The highest BCUT2D eigenvalue weighted by Crippen LogP contribution is 2.35. The van der Waals surface area contributed by atoms with Crippen LogP contribution in [0.5, 0.6) is 5.75 Å². The van der Waals surface area contributed by atoms with Crippen molar-refractivity contribution in [1.82, 2.24) is 5.32 Å². The van der Waals surface area contributed by atoms with Crippen molar-refractivity contribution in [1.29, 1.82) is 0 Å². The number of para-hydroxylation sites is 1. The molecule has 0 aliphatic heterocycles. The molecule has 2 aromatic heterocycles. The molecular formula is C16H19NO2SSi. The Morgan fingerprint density at radius 1 is 1.29 bits per heavy atom. The van der Waals surface area contributed by atoms with E-state index >= 15 is 0 Å². The molecule has 1 atom stereocenters. The third kappa shape index (κ3) is 2.90. The van der Waals surface area contributed by atoms with Crippen LogP contribution < -0.4 is 10.1 Å². The lowest BCUT2D eigenvalue weighted by atomic mass is 10.2. The molecule has 0 saturated heterocycles. The van der Waals surface area contributed by atoms with Gasteiger partial charge in [-0.15, -0.1) is 11.3 Å². The van der Waals surface area contributed by atoms with Crippen LogP contribution in [0.1, 0.15) is 11.3 Å². The Bertz CT molecular complexity index is 710. The van der Waals surface area contributed by atoms with Crippen molar-refractivity contribution in [2.24, 2.45) is 0 Å². The fourth-order valence-electron chi connectivity index (χ4n) is 2.46. The van der Waals surface area contributed by atoms with E-state index in [4.69, 9.17) is 9.15 Å². The predicted molar refractivity (Wildman–Crippen MR) is 91.3 cm³/mol. The SMILES string of the molecule is CNCC[C@@]([SiH3])(Oc1cccc2ccoc12)c1cccs1. The summed E-state index contributed by atoms with van der Waals surface area (Å²) in [6.07, 6.45) is 2.67. The first-order chi connectivity index (χ1) is 10.2. The zero-order valence-corrected chi connectivity index (χ0v) is 15.1. The van der Waals surface area contributed by atoms with Crippen molar-refractivity contribution in [3.05, 3.63) is 52.9 Å². The van der Waals surface area contributed by atoms with E-state index in [1.165, 1.54) is 4.88 Å². The van der Waals surface area contributed by atoms with E-state index in [1.807, 2.05) is 31.3 Å². The third-order valence-corrected chi connectivity index (χ3v) is 6.39. The summed E-state index contributed by atoms with van der Waals surface area (Å²) in [7, 11) is 2.89. The van der Waals surface area contributed by atoms with Crippen molar-refractivity contribution in [2.45, 2.75) is 11.6 Å². The van der Waals surface area contributed by atoms with Crippen LogP contribution in [0.3, 0.4) is 0 Å². The maximum absolute atomic E-state index is 6.46. The lowest BCUT2D eigenvalue weighted by Crippen LogP contribution is -2.36. The van der Waals surface area contributed by atoms with E-state index in [1.54, 1.807) is 17.6 Å². The molecule has 0 aliphatic rings. The standard InChI is InChI=1S/C16H19NO2SSi/c1-17-9-8-16(21,14-6-3-11-20-14)19-13-5-2-4-12-7-10-18-15(12)13/h2-7,10-11,17H,8-9H2,1,21H3/t16-/m0/s1. The molecule has 5 heteroatoms. The van der Waals surface area contributed by atoms with Gasteiger partial charge in [0.15, 0.2) is 11.3 Å². The monoisotopic (exact) mass is 317 g/mol. The van der Waals surface area contributed by atoms with E-state index < -0.39 is 0 Å². The van der Waals surface area contributed by atoms with Crippen molar-refractivity contribution >= 4 is 32.5 Å². The Kier molecular flexibility index (Phi) is 4.14. The number of thiophene rings is 1. The molecule has 0 aliphatic carbocycles. The number of hydrogen-bond donors (Lipinski definition) is 1. The Hall–Kier alpha value is -1.56. The molecule has 110 valence electrons. The van der Waals surface area contributed by atoms with E-state index in [9.17, 15) is 0 Å². The molecule has 0 amide bonds. The number of benzene rings is 1. The number of ether oxygens (including phenoxy) is 1. The first-order valence-electron chi connectivity index (χ1n) is 7.07. The Labute approximate surface area is 131 Å². The fraction of sp³-hybridized carbons (Fsp3) is 0.250. The van der Waals surface area contributed by atoms with Gasteiger partial charge in [-0.3, -0.25) is 0 Å². The Morgan fingerprint density at radius 2 is 2.19 bits per heavy atom. The van der Waals surface area contributed by atoms with E-state index in [-0.39, 0.29) is 5.22 Å². The van der Waals surface area contributed by atoms with Gasteiger partial charge in [-0.05, 0) is 37.2 Å². The summed E-state index contributed by atoms with van der Waals surface area (Å²) < 4.78 is 12.1. The molecule has 0 spiro atoms. The highest BCUT2D eigenvalue weighted by Gasteiger charge is 2.30. The summed E-state index contributed by atoms with van der Waals surface area (Å²) in [5, 5.41) is 6.19. The van der Waals surface area contributed by atoms with Gasteiger partial charge in [0.2, 0.25) is 0 Å². The lowest BCUT2D eigenvalue weighted by Gasteiger charge is -2.30. The van der Waals surface area contributed by atoms with Gasteiger partial charge in [0, 0.05) is 16.7 Å². The van der Waals surface area contributed by atoms with E-state index in [2.05, 4.69) is 22.8 Å². The fourth-order valence-corrected chi connectivity index (χ4v) is 4.30. The Balaban J connectivity index is 1.96. The zero-order valence-electron chi connectivity index (χ0n) is 12.3. The minimum atomic E-state index is -0.224. The van der Waals surface area contributed by atoms with Gasteiger partial charge in [-0.1, -0.05) is 18.2 Å². The maximum atomic E-state index is 6.46. The number of fused-ring (bicyclic) bond motifs is 1. The van der Waals surface area contributed by atoms with Crippen LogP contribution in [0, 0.1) is 0 Å². The van der Waals surface area contributed by atoms with Crippen LogP contribution in [0.4, 0.5) is 0 Å². The van der Waals surface area contributed by atoms with Gasteiger partial charge in [-0.25, -0.2) is 0 Å². The third-order valence-electron chi connectivity index (χ3n) is 3.67. The largest absolute Gasteiger partial charge is 0.483 e. The van der Waals surface area contributed by atoms with Crippen LogP contribution in [0.25, 0.3) is 11.0 Å². The van der Waals surface area contributed by atoms with E-state index in [0.717, 1.165) is 39.9 Å². The highest BCUT2D eigenvalue weighted by molar-refractivity contribution is 7.10. The average Bonchev–Trinajstić information content (AvgIpc) is 3.16. The molecule has 0 fully saturated rings. The summed E-state index contributed by atoms with van der Waals surface area (Å²) in [5.74, 6) is 0.831. The first-order valence-corrected chi connectivity index (χ1v) is 8.95. The van der Waals surface area contributed by atoms with Crippen LogP contribution >= 0.6 is 11.3 Å². The van der Waals surface area contributed by atoms with Crippen molar-refractivity contribution in [3.63, 3.8) is 0 Å². The van der Waals surface area contributed by atoms with Crippen molar-refractivity contribution < 1.29 is 9.15 Å². The summed E-state index contributed by atoms with van der Waals surface area (Å²) in [5.41, 5.74) is 0.832. The smallest absolute Gasteiger partial charge is 0.175 e. The minimum absolute atomic E-state index is 0.224. The summed E-state index contributed by atoms with van der Waals surface area (Å²) in [4.78, 5) is 1.29. The second kappa shape index (κ2) is 6.05. The van der Waals surface area contributed by atoms with Gasteiger partial charge in [0.05, 0.1) is 16.5 Å². The molecule has 3 aromatic rings. The molecule has 3 nitrogen and oxygen atoms in total. The normalized spacial score (nSPS) is 14.3. The molecule has 2 heterocycles. The van der Waals surface area contributed by atoms with Crippen LogP contribution in [0.15, 0.2) is 52.5 Å². The maximum Gasteiger partial charge on any atom is 0.175 e. The number of hydrogen-bond acceptors (Lipinski definition) is 4. The summed E-state index contributed by atoms with van der Waals surface area (Å²) in [6, 6.07) is 12.3. The molecule has 3 rings (SSSR count). The van der Waals surface area contributed by atoms with Crippen LogP contribution in [0.2, 0.25) is 0 Å². The number of rotatable bonds is 6. The van der Waals surface area contributed by atoms with Gasteiger partial charge in [-0.2, -0.15) is 0 Å². The van der Waals surface area contributed by atoms with Gasteiger partial charge >= 0.3 is 0 Å². The highest BCUT2D eigenvalue weighted by atomic mass is 32.1. The number of furan rings is 1. The number of nitrogens with one attached hydrogen (secondary N) is 1. The average molecular weight is 317 g/mol. The topological polar surface area (TPSA) is 34.4 Å². The second-order valence-corrected chi connectivity index (χ2v) is 7.82. The van der Waals surface area contributed by atoms with E-state index in [0.29, 0.717) is 0 Å². The molecule has 1 N–H and O–H groups in total. The Morgan fingerprint density at radius 3 is 2.95 bits per heavy atom. The summed E-state index contributed by atoms with van der Waals surface area (Å²) >= 11 is 1.76. The van der Waals surface area contributed by atoms with Crippen LogP contribution in [-0.2, 0) is 5.22 Å². The second-order valence-electron chi connectivity index (χ2n) is 5.26. The zero-order chi connectivity index (χ0) is 14.7. The van der Waals surface area contributed by atoms with Crippen molar-refractivity contribution in [3.8, 4) is 5.75 Å². The molecule has 0 saturated carbocycles. The first kappa shape index (κ1) is 14.4. The molecule has 1 aromatic carbocycles. The molecule has 21 heavy (non-hydrogen) atoms. The van der Waals surface area contributed by atoms with Crippen LogP contribution in [-0.4, -0.2) is 23.8 Å². The quantitative estimate of drug-likeness (QED) is 0.710.